The lowest BCUT2D eigenvalue weighted by Gasteiger charge is -2.29. The topological polar surface area (TPSA) is 43.9 Å². The van der Waals surface area contributed by atoms with Gasteiger partial charge in [-0.05, 0) is 56.6 Å². The highest BCUT2D eigenvalue weighted by atomic mass is 16.2. The van der Waals surface area contributed by atoms with Crippen molar-refractivity contribution in [3.8, 4) is 0 Å². The second-order valence-corrected chi connectivity index (χ2v) is 6.57. The van der Waals surface area contributed by atoms with Crippen molar-refractivity contribution < 1.29 is 9.59 Å². The van der Waals surface area contributed by atoms with Crippen molar-refractivity contribution in [2.75, 3.05) is 36.0 Å². The molecule has 2 amide bonds. The Kier molecular flexibility index (Phi) is 5.19. The van der Waals surface area contributed by atoms with Crippen molar-refractivity contribution in [1.82, 2.24) is 4.90 Å². The zero-order chi connectivity index (χ0) is 17.1. The summed E-state index contributed by atoms with van der Waals surface area (Å²) in [6, 6.07) is 7.57. The molecule has 1 atom stereocenters. The molecule has 1 aromatic rings. The van der Waals surface area contributed by atoms with E-state index in [1.807, 2.05) is 38.1 Å². The average molecular weight is 329 g/mol. The van der Waals surface area contributed by atoms with Crippen LogP contribution in [0.1, 0.15) is 39.5 Å². The molecule has 2 saturated heterocycles. The highest BCUT2D eigenvalue weighted by Gasteiger charge is 2.41. The number of amides is 2. The summed E-state index contributed by atoms with van der Waals surface area (Å²) in [4.78, 5) is 30.9. The summed E-state index contributed by atoms with van der Waals surface area (Å²) < 4.78 is 0. The third kappa shape index (κ3) is 3.18. The van der Waals surface area contributed by atoms with E-state index in [4.69, 9.17) is 0 Å². The normalized spacial score (nSPS) is 21.9. The maximum atomic E-state index is 12.7. The van der Waals surface area contributed by atoms with Crippen LogP contribution in [0, 0.1) is 0 Å². The smallest absolute Gasteiger partial charge is 0.251 e. The minimum absolute atomic E-state index is 0.0885. The molecule has 24 heavy (non-hydrogen) atoms. The van der Waals surface area contributed by atoms with Gasteiger partial charge in [-0.3, -0.25) is 14.5 Å². The van der Waals surface area contributed by atoms with Gasteiger partial charge < -0.3 is 4.90 Å². The number of imide groups is 1. The molecular weight excluding hydrogens is 302 g/mol. The SMILES string of the molecule is CCN(CC)[C@@H]1CC(=O)N(c2ccc(N3CCCCC3)cc2)C1=O. The van der Waals surface area contributed by atoms with E-state index in [1.54, 1.807) is 0 Å². The van der Waals surface area contributed by atoms with E-state index in [2.05, 4.69) is 9.80 Å². The number of hydrogen-bond acceptors (Lipinski definition) is 4. The summed E-state index contributed by atoms with van der Waals surface area (Å²) in [6.07, 6.45) is 4.05. The summed E-state index contributed by atoms with van der Waals surface area (Å²) >= 11 is 0. The van der Waals surface area contributed by atoms with E-state index in [0.717, 1.165) is 26.2 Å². The zero-order valence-corrected chi connectivity index (χ0v) is 14.7. The van der Waals surface area contributed by atoms with Crippen LogP contribution in [0.3, 0.4) is 0 Å². The Bertz CT molecular complexity index is 589. The highest BCUT2D eigenvalue weighted by Crippen LogP contribution is 2.28. The van der Waals surface area contributed by atoms with Gasteiger partial charge in [0.25, 0.3) is 5.91 Å². The molecule has 130 valence electrons. The Morgan fingerprint density at radius 1 is 0.958 bits per heavy atom. The van der Waals surface area contributed by atoms with Crippen LogP contribution < -0.4 is 9.80 Å². The fourth-order valence-corrected chi connectivity index (χ4v) is 3.80. The van der Waals surface area contributed by atoms with Gasteiger partial charge in [-0.15, -0.1) is 0 Å². The Balaban J connectivity index is 1.76. The van der Waals surface area contributed by atoms with Crippen molar-refractivity contribution >= 4 is 23.2 Å². The number of carbonyl (C=O) groups excluding carboxylic acids is 2. The second kappa shape index (κ2) is 7.34. The maximum Gasteiger partial charge on any atom is 0.251 e. The molecule has 0 unspecified atom stereocenters. The lowest BCUT2D eigenvalue weighted by molar-refractivity contribution is -0.122. The number of carbonyl (C=O) groups is 2. The van der Waals surface area contributed by atoms with Gasteiger partial charge in [-0.1, -0.05) is 13.8 Å². The van der Waals surface area contributed by atoms with E-state index in [0.29, 0.717) is 5.69 Å². The highest BCUT2D eigenvalue weighted by molar-refractivity contribution is 6.22. The first-order valence-electron chi connectivity index (χ1n) is 9.11. The zero-order valence-electron chi connectivity index (χ0n) is 14.7. The van der Waals surface area contributed by atoms with Crippen LogP contribution in [0.15, 0.2) is 24.3 Å². The fraction of sp³-hybridized carbons (Fsp3) is 0.579. The van der Waals surface area contributed by atoms with Crippen molar-refractivity contribution in [2.24, 2.45) is 0 Å². The Morgan fingerprint density at radius 3 is 2.12 bits per heavy atom. The number of benzene rings is 1. The van der Waals surface area contributed by atoms with Gasteiger partial charge in [-0.2, -0.15) is 0 Å². The quantitative estimate of drug-likeness (QED) is 0.779. The molecule has 1 aromatic carbocycles. The first-order chi connectivity index (χ1) is 11.7. The van der Waals surface area contributed by atoms with Gasteiger partial charge in [0, 0.05) is 18.8 Å². The van der Waals surface area contributed by atoms with Crippen molar-refractivity contribution in [3.63, 3.8) is 0 Å². The van der Waals surface area contributed by atoms with Crippen LogP contribution in [-0.4, -0.2) is 48.9 Å². The predicted molar refractivity (Wildman–Crippen MR) is 96.3 cm³/mol. The number of likely N-dealkylation sites (N-methyl/N-ethyl adjacent to an activating group) is 1. The standard InChI is InChI=1S/C19H27N3O2/c1-3-20(4-2)17-14-18(23)22(19(17)24)16-10-8-15(9-11-16)21-12-6-5-7-13-21/h8-11,17H,3-7,12-14H2,1-2H3/t17-/m1/s1. The van der Waals surface area contributed by atoms with E-state index >= 15 is 0 Å². The number of piperidine rings is 1. The summed E-state index contributed by atoms with van der Waals surface area (Å²) in [7, 11) is 0. The molecule has 0 N–H and O–H groups in total. The van der Waals surface area contributed by atoms with E-state index < -0.39 is 0 Å². The first-order valence-corrected chi connectivity index (χ1v) is 9.11. The summed E-state index contributed by atoms with van der Waals surface area (Å²) in [5.41, 5.74) is 1.87. The third-order valence-corrected chi connectivity index (χ3v) is 5.21. The van der Waals surface area contributed by atoms with Gasteiger partial charge in [0.05, 0.1) is 18.2 Å². The molecule has 5 nitrogen and oxygen atoms in total. The second-order valence-electron chi connectivity index (χ2n) is 6.57. The average Bonchev–Trinajstić information content (AvgIpc) is 2.92. The number of rotatable bonds is 5. The molecule has 0 aromatic heterocycles. The van der Waals surface area contributed by atoms with E-state index in [9.17, 15) is 9.59 Å². The minimum atomic E-state index is -0.311. The molecule has 0 saturated carbocycles. The fourth-order valence-electron chi connectivity index (χ4n) is 3.80. The van der Waals surface area contributed by atoms with Gasteiger partial charge in [-0.25, -0.2) is 4.90 Å². The molecule has 0 bridgehead atoms. The van der Waals surface area contributed by atoms with Crippen molar-refractivity contribution in [1.29, 1.82) is 0 Å². The van der Waals surface area contributed by atoms with Gasteiger partial charge in [0.2, 0.25) is 5.91 Å². The Hall–Kier alpha value is -1.88. The minimum Gasteiger partial charge on any atom is -0.372 e. The first kappa shape index (κ1) is 17.0. The van der Waals surface area contributed by atoms with Crippen LogP contribution in [0.25, 0.3) is 0 Å². The Morgan fingerprint density at radius 2 is 1.54 bits per heavy atom. The van der Waals surface area contributed by atoms with Gasteiger partial charge in [0.15, 0.2) is 0 Å². The lowest BCUT2D eigenvalue weighted by atomic mass is 10.1. The molecule has 3 rings (SSSR count). The maximum absolute atomic E-state index is 12.7. The predicted octanol–water partition coefficient (Wildman–Crippen LogP) is 2.65. The van der Waals surface area contributed by atoms with Crippen LogP contribution >= 0.6 is 0 Å². The number of anilines is 2. The Labute approximate surface area is 144 Å². The lowest BCUT2D eigenvalue weighted by Crippen LogP contribution is -2.42. The van der Waals surface area contributed by atoms with Crippen LogP contribution in [0.4, 0.5) is 11.4 Å². The largest absolute Gasteiger partial charge is 0.372 e. The van der Waals surface area contributed by atoms with Gasteiger partial charge in [0.1, 0.15) is 0 Å². The van der Waals surface area contributed by atoms with Crippen molar-refractivity contribution in [2.45, 2.75) is 45.6 Å². The molecule has 5 heteroatoms. The molecule has 2 fully saturated rings. The molecule has 2 aliphatic heterocycles. The van der Waals surface area contributed by atoms with Crippen molar-refractivity contribution in [3.05, 3.63) is 24.3 Å². The van der Waals surface area contributed by atoms with Crippen LogP contribution in [-0.2, 0) is 9.59 Å². The monoisotopic (exact) mass is 329 g/mol. The van der Waals surface area contributed by atoms with E-state index in [1.165, 1.54) is 29.8 Å². The molecule has 0 radical (unpaired) electrons. The summed E-state index contributed by atoms with van der Waals surface area (Å²) in [5, 5.41) is 0. The molecule has 0 aliphatic carbocycles. The summed E-state index contributed by atoms with van der Waals surface area (Å²) in [5.74, 6) is -0.183. The van der Waals surface area contributed by atoms with Crippen LogP contribution in [0.5, 0.6) is 0 Å². The van der Waals surface area contributed by atoms with Crippen LogP contribution in [0.2, 0.25) is 0 Å². The molecular formula is C19H27N3O2. The number of nitrogens with zero attached hydrogens (tertiary/aromatic N) is 3. The molecule has 2 heterocycles. The summed E-state index contributed by atoms with van der Waals surface area (Å²) in [6.45, 7) is 7.79. The van der Waals surface area contributed by atoms with Gasteiger partial charge >= 0.3 is 0 Å². The molecule has 2 aliphatic rings. The molecule has 0 spiro atoms. The third-order valence-electron chi connectivity index (χ3n) is 5.21. The van der Waals surface area contributed by atoms with E-state index in [-0.39, 0.29) is 24.3 Å². The number of hydrogen-bond donors (Lipinski definition) is 0.